The highest BCUT2D eigenvalue weighted by atomic mass is 16.4. The van der Waals surface area contributed by atoms with Gasteiger partial charge >= 0.3 is 5.97 Å². The van der Waals surface area contributed by atoms with Gasteiger partial charge in [0, 0.05) is 11.6 Å². The fourth-order valence-electron chi connectivity index (χ4n) is 1.54. The molecule has 1 aromatic rings. The van der Waals surface area contributed by atoms with Crippen LogP contribution in [0.25, 0.3) is 0 Å². The molecule has 0 radical (unpaired) electrons. The van der Waals surface area contributed by atoms with E-state index in [2.05, 4.69) is 12.2 Å². The number of amides is 1. The van der Waals surface area contributed by atoms with Crippen LogP contribution in [-0.2, 0) is 0 Å². The Balaban J connectivity index is 2.03. The minimum Gasteiger partial charge on any atom is -0.478 e. The van der Waals surface area contributed by atoms with Gasteiger partial charge in [0.2, 0.25) is 0 Å². The lowest BCUT2D eigenvalue weighted by molar-refractivity contribution is 0.0696. The molecule has 4 nitrogen and oxygen atoms in total. The third kappa shape index (κ3) is 2.21. The van der Waals surface area contributed by atoms with Crippen LogP contribution in [0.15, 0.2) is 24.3 Å². The molecule has 1 amide bonds. The summed E-state index contributed by atoms with van der Waals surface area (Å²) in [5.74, 6) is -0.559. The SMILES string of the molecule is CC1CC1NC(=O)c1ccc(C(=O)O)cc1. The number of rotatable bonds is 3. The highest BCUT2D eigenvalue weighted by molar-refractivity contribution is 5.96. The molecule has 2 atom stereocenters. The van der Waals surface area contributed by atoms with Gasteiger partial charge in [-0.25, -0.2) is 4.79 Å². The number of carbonyl (C=O) groups excluding carboxylic acids is 1. The first kappa shape index (κ1) is 10.7. The lowest BCUT2D eigenvalue weighted by atomic mass is 10.1. The molecule has 2 N–H and O–H groups in total. The number of carbonyl (C=O) groups is 2. The molecule has 84 valence electrons. The van der Waals surface area contributed by atoms with Crippen LogP contribution in [0.3, 0.4) is 0 Å². The van der Waals surface area contributed by atoms with E-state index in [1.807, 2.05) is 0 Å². The van der Waals surface area contributed by atoms with Gasteiger partial charge < -0.3 is 10.4 Å². The van der Waals surface area contributed by atoms with Crippen molar-refractivity contribution in [1.29, 1.82) is 0 Å². The van der Waals surface area contributed by atoms with Crippen molar-refractivity contribution in [2.45, 2.75) is 19.4 Å². The van der Waals surface area contributed by atoms with Crippen molar-refractivity contribution >= 4 is 11.9 Å². The van der Waals surface area contributed by atoms with E-state index in [1.54, 1.807) is 0 Å². The molecule has 2 unspecified atom stereocenters. The number of aromatic carboxylic acids is 1. The third-order valence-electron chi connectivity index (χ3n) is 2.82. The molecule has 0 saturated heterocycles. The van der Waals surface area contributed by atoms with Crippen LogP contribution in [0.1, 0.15) is 34.1 Å². The molecule has 0 heterocycles. The van der Waals surface area contributed by atoms with E-state index in [0.717, 1.165) is 6.42 Å². The van der Waals surface area contributed by atoms with Gasteiger partial charge in [0.15, 0.2) is 0 Å². The monoisotopic (exact) mass is 219 g/mol. The zero-order valence-electron chi connectivity index (χ0n) is 8.93. The molecule has 16 heavy (non-hydrogen) atoms. The first-order valence-electron chi connectivity index (χ1n) is 5.22. The number of nitrogens with one attached hydrogen (secondary N) is 1. The van der Waals surface area contributed by atoms with Crippen molar-refractivity contribution in [2.75, 3.05) is 0 Å². The van der Waals surface area contributed by atoms with Gasteiger partial charge in [-0.2, -0.15) is 0 Å². The Bertz CT molecular complexity index is 424. The molecule has 0 bridgehead atoms. The van der Waals surface area contributed by atoms with Gasteiger partial charge in [-0.05, 0) is 36.6 Å². The van der Waals surface area contributed by atoms with Crippen molar-refractivity contribution in [2.24, 2.45) is 5.92 Å². The predicted octanol–water partition coefficient (Wildman–Crippen LogP) is 1.52. The Kier molecular flexibility index (Phi) is 2.64. The summed E-state index contributed by atoms with van der Waals surface area (Å²) < 4.78 is 0. The summed E-state index contributed by atoms with van der Waals surface area (Å²) >= 11 is 0. The minimum atomic E-state index is -0.984. The number of carboxylic acid groups (broad SMARTS) is 1. The highest BCUT2D eigenvalue weighted by Gasteiger charge is 2.33. The van der Waals surface area contributed by atoms with Crippen LogP contribution in [0.5, 0.6) is 0 Å². The third-order valence-corrected chi connectivity index (χ3v) is 2.82. The second kappa shape index (κ2) is 3.96. The molecule has 4 heteroatoms. The van der Waals surface area contributed by atoms with Crippen molar-refractivity contribution in [3.05, 3.63) is 35.4 Å². The first-order valence-corrected chi connectivity index (χ1v) is 5.22. The Labute approximate surface area is 93.3 Å². The summed E-state index contributed by atoms with van der Waals surface area (Å²) in [6.45, 7) is 2.08. The van der Waals surface area contributed by atoms with Crippen LogP contribution in [0.4, 0.5) is 0 Å². The lowest BCUT2D eigenvalue weighted by Crippen LogP contribution is -2.26. The summed E-state index contributed by atoms with van der Waals surface area (Å²) in [5.41, 5.74) is 0.695. The molecule has 0 aliphatic heterocycles. The predicted molar refractivity (Wildman–Crippen MR) is 58.4 cm³/mol. The van der Waals surface area contributed by atoms with Crippen molar-refractivity contribution in [3.8, 4) is 0 Å². The molecule has 1 aliphatic carbocycles. The zero-order chi connectivity index (χ0) is 11.7. The Morgan fingerprint density at radius 1 is 1.25 bits per heavy atom. The van der Waals surface area contributed by atoms with E-state index in [0.29, 0.717) is 11.5 Å². The number of carboxylic acids is 1. The second-order valence-electron chi connectivity index (χ2n) is 4.18. The number of hydrogen-bond acceptors (Lipinski definition) is 2. The standard InChI is InChI=1S/C12H13NO3/c1-7-6-10(7)13-11(14)8-2-4-9(5-3-8)12(15)16/h2-5,7,10H,6H2,1H3,(H,13,14)(H,15,16). The van der Waals surface area contributed by atoms with Crippen LogP contribution >= 0.6 is 0 Å². The molecular formula is C12H13NO3. The number of hydrogen-bond donors (Lipinski definition) is 2. The van der Waals surface area contributed by atoms with Gasteiger partial charge in [-0.15, -0.1) is 0 Å². The Morgan fingerprint density at radius 3 is 2.19 bits per heavy atom. The summed E-state index contributed by atoms with van der Waals surface area (Å²) in [5, 5.41) is 11.6. The molecule has 1 fully saturated rings. The smallest absolute Gasteiger partial charge is 0.335 e. The molecule has 1 saturated carbocycles. The fraction of sp³-hybridized carbons (Fsp3) is 0.333. The van der Waals surface area contributed by atoms with Crippen LogP contribution in [-0.4, -0.2) is 23.0 Å². The fourth-order valence-corrected chi connectivity index (χ4v) is 1.54. The van der Waals surface area contributed by atoms with Gasteiger partial charge in [0.05, 0.1) is 5.56 Å². The van der Waals surface area contributed by atoms with E-state index in [-0.39, 0.29) is 17.5 Å². The van der Waals surface area contributed by atoms with Gasteiger partial charge in [0.25, 0.3) is 5.91 Å². The molecular weight excluding hydrogens is 206 g/mol. The van der Waals surface area contributed by atoms with E-state index in [9.17, 15) is 9.59 Å². The van der Waals surface area contributed by atoms with Gasteiger partial charge in [-0.1, -0.05) is 6.92 Å². The van der Waals surface area contributed by atoms with Crippen molar-refractivity contribution < 1.29 is 14.7 Å². The van der Waals surface area contributed by atoms with Gasteiger partial charge in [0.1, 0.15) is 0 Å². The largest absolute Gasteiger partial charge is 0.478 e. The average molecular weight is 219 g/mol. The maximum Gasteiger partial charge on any atom is 0.335 e. The number of benzene rings is 1. The van der Waals surface area contributed by atoms with Crippen LogP contribution < -0.4 is 5.32 Å². The van der Waals surface area contributed by atoms with Crippen molar-refractivity contribution in [3.63, 3.8) is 0 Å². The van der Waals surface area contributed by atoms with Gasteiger partial charge in [-0.3, -0.25) is 4.79 Å². The van der Waals surface area contributed by atoms with Crippen molar-refractivity contribution in [1.82, 2.24) is 5.32 Å². The van der Waals surface area contributed by atoms with E-state index in [4.69, 9.17) is 5.11 Å². The average Bonchev–Trinajstić information content (AvgIpc) is 2.94. The van der Waals surface area contributed by atoms with Crippen LogP contribution in [0, 0.1) is 5.92 Å². The molecule has 2 rings (SSSR count). The lowest BCUT2D eigenvalue weighted by Gasteiger charge is -2.03. The first-order chi connectivity index (χ1) is 7.58. The van der Waals surface area contributed by atoms with E-state index >= 15 is 0 Å². The minimum absolute atomic E-state index is 0.133. The molecule has 0 spiro atoms. The maximum absolute atomic E-state index is 11.7. The maximum atomic E-state index is 11.7. The highest BCUT2D eigenvalue weighted by Crippen LogP contribution is 2.29. The molecule has 1 aromatic carbocycles. The summed E-state index contributed by atoms with van der Waals surface area (Å²) in [7, 11) is 0. The summed E-state index contributed by atoms with van der Waals surface area (Å²) in [6.07, 6.45) is 1.03. The quantitative estimate of drug-likeness (QED) is 0.810. The molecule has 1 aliphatic rings. The Morgan fingerprint density at radius 2 is 1.75 bits per heavy atom. The Hall–Kier alpha value is -1.84. The normalized spacial score (nSPS) is 22.6. The summed E-state index contributed by atoms with van der Waals surface area (Å²) in [6, 6.07) is 6.23. The second-order valence-corrected chi connectivity index (χ2v) is 4.18. The summed E-state index contributed by atoms with van der Waals surface area (Å²) in [4.78, 5) is 22.3. The zero-order valence-corrected chi connectivity index (χ0v) is 8.93. The van der Waals surface area contributed by atoms with E-state index < -0.39 is 5.97 Å². The van der Waals surface area contributed by atoms with Crippen LogP contribution in [0.2, 0.25) is 0 Å². The topological polar surface area (TPSA) is 66.4 Å². The van der Waals surface area contributed by atoms with E-state index in [1.165, 1.54) is 24.3 Å². The molecule has 0 aromatic heterocycles.